The Labute approximate surface area is 75.4 Å². The van der Waals surface area contributed by atoms with Crippen molar-refractivity contribution in [2.75, 3.05) is 19.6 Å². The maximum Gasteiger partial charge on any atom is 0.0278 e. The Morgan fingerprint density at radius 1 is 1.58 bits per heavy atom. The fraction of sp³-hybridized carbons (Fsp3) is 0.800. The molecule has 12 heavy (non-hydrogen) atoms. The molecule has 1 heterocycles. The van der Waals surface area contributed by atoms with E-state index in [1.807, 2.05) is 0 Å². The fourth-order valence-corrected chi connectivity index (χ4v) is 1.45. The van der Waals surface area contributed by atoms with Crippen LogP contribution in [0.4, 0.5) is 0 Å². The van der Waals surface area contributed by atoms with E-state index in [1.54, 1.807) is 0 Å². The topological polar surface area (TPSA) is 29.3 Å². The second-order valence-electron chi connectivity index (χ2n) is 4.26. The Bertz CT molecular complexity index is 182. The molecule has 0 amide bonds. The first-order chi connectivity index (χ1) is 5.56. The van der Waals surface area contributed by atoms with Crippen molar-refractivity contribution in [2.45, 2.75) is 32.7 Å². The molecule has 0 aromatic rings. The van der Waals surface area contributed by atoms with Crippen LogP contribution in [0.3, 0.4) is 0 Å². The third-order valence-electron chi connectivity index (χ3n) is 2.79. The molecule has 2 heteroatoms. The molecule has 0 bridgehead atoms. The summed E-state index contributed by atoms with van der Waals surface area (Å²) in [7, 11) is 0. The monoisotopic (exact) mass is 168 g/mol. The Hall–Kier alpha value is -0.340. The zero-order valence-electron chi connectivity index (χ0n) is 8.43. The van der Waals surface area contributed by atoms with E-state index in [9.17, 15) is 0 Å². The van der Waals surface area contributed by atoms with E-state index in [-0.39, 0.29) is 5.54 Å². The molecular formula is C10H20N2. The van der Waals surface area contributed by atoms with Gasteiger partial charge in [-0.1, -0.05) is 11.6 Å². The summed E-state index contributed by atoms with van der Waals surface area (Å²) in [6.07, 6.45) is 3.50. The summed E-state index contributed by atoms with van der Waals surface area (Å²) in [6.45, 7) is 9.58. The molecule has 0 fully saturated rings. The maximum atomic E-state index is 5.71. The van der Waals surface area contributed by atoms with Crippen LogP contribution in [0, 0.1) is 0 Å². The third kappa shape index (κ3) is 2.08. The second kappa shape index (κ2) is 3.58. The van der Waals surface area contributed by atoms with Crippen molar-refractivity contribution < 1.29 is 0 Å². The molecular weight excluding hydrogens is 148 g/mol. The van der Waals surface area contributed by atoms with Gasteiger partial charge >= 0.3 is 0 Å². The van der Waals surface area contributed by atoms with Gasteiger partial charge in [-0.05, 0) is 27.2 Å². The zero-order chi connectivity index (χ0) is 9.19. The van der Waals surface area contributed by atoms with Crippen molar-refractivity contribution in [3.05, 3.63) is 11.6 Å². The van der Waals surface area contributed by atoms with Gasteiger partial charge in [-0.2, -0.15) is 0 Å². The summed E-state index contributed by atoms with van der Waals surface area (Å²) < 4.78 is 0. The minimum atomic E-state index is 0.164. The van der Waals surface area contributed by atoms with Crippen molar-refractivity contribution in [1.82, 2.24) is 4.90 Å². The average Bonchev–Trinajstić information content (AvgIpc) is 2.05. The fourth-order valence-electron chi connectivity index (χ4n) is 1.45. The van der Waals surface area contributed by atoms with Crippen LogP contribution in [-0.2, 0) is 0 Å². The van der Waals surface area contributed by atoms with E-state index >= 15 is 0 Å². The summed E-state index contributed by atoms with van der Waals surface area (Å²) in [6, 6.07) is 0. The molecule has 0 aliphatic carbocycles. The number of hydrogen-bond donors (Lipinski definition) is 1. The molecule has 2 nitrogen and oxygen atoms in total. The summed E-state index contributed by atoms with van der Waals surface area (Å²) in [5.41, 5.74) is 7.39. The summed E-state index contributed by atoms with van der Waals surface area (Å²) in [5.74, 6) is 0. The maximum absolute atomic E-state index is 5.71. The van der Waals surface area contributed by atoms with Crippen LogP contribution >= 0.6 is 0 Å². The molecule has 2 N–H and O–H groups in total. The predicted octanol–water partition coefficient (Wildman–Crippen LogP) is 1.38. The lowest BCUT2D eigenvalue weighted by atomic mass is 9.99. The van der Waals surface area contributed by atoms with Crippen LogP contribution < -0.4 is 5.73 Å². The minimum absolute atomic E-state index is 0.164. The third-order valence-corrected chi connectivity index (χ3v) is 2.79. The molecule has 1 rings (SSSR count). The van der Waals surface area contributed by atoms with Gasteiger partial charge in [-0.3, -0.25) is 4.90 Å². The minimum Gasteiger partial charge on any atom is -0.329 e. The molecule has 0 aromatic carbocycles. The van der Waals surface area contributed by atoms with Crippen molar-refractivity contribution in [2.24, 2.45) is 5.73 Å². The smallest absolute Gasteiger partial charge is 0.0278 e. The molecule has 0 radical (unpaired) electrons. The lowest BCUT2D eigenvalue weighted by Crippen LogP contribution is -2.50. The van der Waals surface area contributed by atoms with Crippen molar-refractivity contribution in [3.8, 4) is 0 Å². The van der Waals surface area contributed by atoms with E-state index in [0.29, 0.717) is 0 Å². The average molecular weight is 168 g/mol. The van der Waals surface area contributed by atoms with Crippen molar-refractivity contribution >= 4 is 0 Å². The van der Waals surface area contributed by atoms with Gasteiger partial charge in [-0.15, -0.1) is 0 Å². The standard InChI is InChI=1S/C10H20N2/c1-9-4-6-12(7-5-9)10(2,3)8-11/h4H,5-8,11H2,1-3H3. The highest BCUT2D eigenvalue weighted by atomic mass is 15.2. The van der Waals surface area contributed by atoms with Crippen LogP contribution in [0.25, 0.3) is 0 Å². The Morgan fingerprint density at radius 3 is 2.67 bits per heavy atom. The van der Waals surface area contributed by atoms with Gasteiger partial charge in [0.15, 0.2) is 0 Å². The van der Waals surface area contributed by atoms with Gasteiger partial charge in [0.1, 0.15) is 0 Å². The normalized spacial score (nSPS) is 20.8. The Kier molecular flexibility index (Phi) is 2.91. The number of hydrogen-bond acceptors (Lipinski definition) is 2. The van der Waals surface area contributed by atoms with Gasteiger partial charge in [0.05, 0.1) is 0 Å². The van der Waals surface area contributed by atoms with Gasteiger partial charge in [0.25, 0.3) is 0 Å². The highest BCUT2D eigenvalue weighted by molar-refractivity contribution is 5.06. The number of nitrogens with zero attached hydrogens (tertiary/aromatic N) is 1. The SMILES string of the molecule is CC1=CCN(C(C)(C)CN)CC1. The van der Waals surface area contributed by atoms with Crippen LogP contribution in [-0.4, -0.2) is 30.1 Å². The van der Waals surface area contributed by atoms with Crippen molar-refractivity contribution in [1.29, 1.82) is 0 Å². The van der Waals surface area contributed by atoms with Gasteiger partial charge < -0.3 is 5.73 Å². The first kappa shape index (κ1) is 9.75. The molecule has 0 saturated carbocycles. The van der Waals surface area contributed by atoms with Gasteiger partial charge in [0, 0.05) is 25.2 Å². The molecule has 0 saturated heterocycles. The molecule has 0 atom stereocenters. The lowest BCUT2D eigenvalue weighted by molar-refractivity contribution is 0.138. The van der Waals surface area contributed by atoms with E-state index in [4.69, 9.17) is 5.73 Å². The summed E-state index contributed by atoms with van der Waals surface area (Å²) in [4.78, 5) is 2.44. The van der Waals surface area contributed by atoms with Crippen LogP contribution in [0.1, 0.15) is 27.2 Å². The predicted molar refractivity (Wildman–Crippen MR) is 53.1 cm³/mol. The van der Waals surface area contributed by atoms with Crippen LogP contribution in [0.15, 0.2) is 11.6 Å². The molecule has 70 valence electrons. The largest absolute Gasteiger partial charge is 0.329 e. The first-order valence-electron chi connectivity index (χ1n) is 4.67. The van der Waals surface area contributed by atoms with Crippen molar-refractivity contribution in [3.63, 3.8) is 0 Å². The summed E-state index contributed by atoms with van der Waals surface area (Å²) >= 11 is 0. The Morgan fingerprint density at radius 2 is 2.25 bits per heavy atom. The number of nitrogens with two attached hydrogens (primary N) is 1. The lowest BCUT2D eigenvalue weighted by Gasteiger charge is -2.39. The van der Waals surface area contributed by atoms with Gasteiger partial charge in [-0.25, -0.2) is 0 Å². The Balaban J connectivity index is 2.56. The molecule has 0 aromatic heterocycles. The molecule has 0 unspecified atom stereocenters. The highest BCUT2D eigenvalue weighted by Crippen LogP contribution is 2.18. The van der Waals surface area contributed by atoms with Crippen LogP contribution in [0.5, 0.6) is 0 Å². The molecule has 1 aliphatic heterocycles. The summed E-state index contributed by atoms with van der Waals surface area (Å²) in [5, 5.41) is 0. The van der Waals surface area contributed by atoms with E-state index in [2.05, 4.69) is 31.7 Å². The van der Waals surface area contributed by atoms with Crippen LogP contribution in [0.2, 0.25) is 0 Å². The van der Waals surface area contributed by atoms with E-state index in [1.165, 1.54) is 12.0 Å². The zero-order valence-corrected chi connectivity index (χ0v) is 8.43. The van der Waals surface area contributed by atoms with E-state index in [0.717, 1.165) is 19.6 Å². The first-order valence-corrected chi connectivity index (χ1v) is 4.67. The molecule has 0 spiro atoms. The number of rotatable bonds is 2. The van der Waals surface area contributed by atoms with E-state index < -0.39 is 0 Å². The highest BCUT2D eigenvalue weighted by Gasteiger charge is 2.25. The second-order valence-corrected chi connectivity index (χ2v) is 4.26. The molecule has 1 aliphatic rings. The quantitative estimate of drug-likeness (QED) is 0.631. The van der Waals surface area contributed by atoms with Gasteiger partial charge in [0.2, 0.25) is 0 Å².